The van der Waals surface area contributed by atoms with Gasteiger partial charge in [-0.05, 0) is 18.6 Å². The van der Waals surface area contributed by atoms with Crippen LogP contribution in [-0.2, 0) is 4.79 Å². The number of nitrogens with two attached hydrogens (primary N) is 2. The molecule has 118 valence electrons. The molecule has 0 saturated heterocycles. The van der Waals surface area contributed by atoms with Crippen LogP contribution in [0.5, 0.6) is 5.75 Å². The Kier molecular flexibility index (Phi) is 6.29. The van der Waals surface area contributed by atoms with Crippen LogP contribution in [0.2, 0.25) is 0 Å². The Morgan fingerprint density at radius 1 is 1.45 bits per heavy atom. The molecule has 0 amide bonds. The summed E-state index contributed by atoms with van der Waals surface area (Å²) in [6.45, 7) is 0.175. The summed E-state index contributed by atoms with van der Waals surface area (Å²) >= 11 is 0. The predicted molar refractivity (Wildman–Crippen MR) is 78.9 cm³/mol. The molecule has 0 aliphatic heterocycles. The largest absolute Gasteiger partial charge is 0.494 e. The van der Waals surface area contributed by atoms with E-state index in [-0.39, 0.29) is 30.2 Å². The molecule has 0 bridgehead atoms. The summed E-state index contributed by atoms with van der Waals surface area (Å²) in [5.41, 5.74) is 10.2. The van der Waals surface area contributed by atoms with E-state index in [4.69, 9.17) is 21.3 Å². The van der Waals surface area contributed by atoms with E-state index in [1.807, 2.05) is 0 Å². The van der Waals surface area contributed by atoms with E-state index in [0.29, 0.717) is 12.2 Å². The highest BCUT2D eigenvalue weighted by Crippen LogP contribution is 2.23. The summed E-state index contributed by atoms with van der Waals surface area (Å²) in [6.07, 6.45) is 1.43. The lowest BCUT2D eigenvalue weighted by molar-refractivity contribution is -0.385. The summed E-state index contributed by atoms with van der Waals surface area (Å²) in [5, 5.41) is 26.3. The van der Waals surface area contributed by atoms with Gasteiger partial charge in [0.25, 0.3) is 5.69 Å². The molecule has 22 heavy (non-hydrogen) atoms. The second kappa shape index (κ2) is 8.19. The van der Waals surface area contributed by atoms with Gasteiger partial charge in [0.15, 0.2) is 0 Å². The van der Waals surface area contributed by atoms with E-state index in [0.717, 1.165) is 6.21 Å². The number of carbonyl (C=O) groups is 1. The first-order valence-electron chi connectivity index (χ1n) is 6.15. The number of aliphatic carboxylic acids is 1. The molecule has 10 nitrogen and oxygen atoms in total. The lowest BCUT2D eigenvalue weighted by Gasteiger charge is -2.06. The van der Waals surface area contributed by atoms with Crippen molar-refractivity contribution in [2.45, 2.75) is 12.8 Å². The molecule has 0 fully saturated rings. The number of carboxylic acids is 1. The molecule has 0 aromatic heterocycles. The SMILES string of the molecule is NC(N)=NN=Cc1cc(OCCCC(=O)O)ccc1[N+](=O)[O-]. The van der Waals surface area contributed by atoms with Crippen LogP contribution in [0.1, 0.15) is 18.4 Å². The minimum Gasteiger partial charge on any atom is -0.494 e. The van der Waals surface area contributed by atoms with Crippen molar-refractivity contribution in [2.24, 2.45) is 21.7 Å². The summed E-state index contributed by atoms with van der Waals surface area (Å²) in [6, 6.07) is 4.06. The smallest absolute Gasteiger partial charge is 0.303 e. The molecule has 1 aromatic rings. The highest BCUT2D eigenvalue weighted by Gasteiger charge is 2.13. The topological polar surface area (TPSA) is 166 Å². The van der Waals surface area contributed by atoms with Crippen molar-refractivity contribution in [1.82, 2.24) is 0 Å². The minimum absolute atomic E-state index is 0.0220. The molecule has 10 heteroatoms. The Labute approximate surface area is 125 Å². The Balaban J connectivity index is 2.85. The van der Waals surface area contributed by atoms with Gasteiger partial charge < -0.3 is 21.3 Å². The van der Waals surface area contributed by atoms with Crippen LogP contribution >= 0.6 is 0 Å². The molecule has 0 heterocycles. The predicted octanol–water partition coefficient (Wildman–Crippen LogP) is 0.446. The summed E-state index contributed by atoms with van der Waals surface area (Å²) in [7, 11) is 0. The van der Waals surface area contributed by atoms with E-state index in [1.54, 1.807) is 0 Å². The van der Waals surface area contributed by atoms with Crippen molar-refractivity contribution in [1.29, 1.82) is 0 Å². The molecule has 1 aromatic carbocycles. The van der Waals surface area contributed by atoms with Crippen molar-refractivity contribution < 1.29 is 19.6 Å². The third kappa shape index (κ3) is 5.86. The second-order valence-electron chi connectivity index (χ2n) is 4.09. The minimum atomic E-state index is -0.919. The zero-order valence-corrected chi connectivity index (χ0v) is 11.5. The van der Waals surface area contributed by atoms with Gasteiger partial charge >= 0.3 is 5.97 Å². The number of hydrogen-bond acceptors (Lipinski definition) is 6. The van der Waals surface area contributed by atoms with Crippen LogP contribution in [0.3, 0.4) is 0 Å². The molecule has 0 atom stereocenters. The third-order valence-corrected chi connectivity index (χ3v) is 2.37. The third-order valence-electron chi connectivity index (χ3n) is 2.37. The van der Waals surface area contributed by atoms with Gasteiger partial charge in [-0.25, -0.2) is 0 Å². The number of guanidine groups is 1. The molecule has 0 spiro atoms. The Morgan fingerprint density at radius 3 is 2.77 bits per heavy atom. The zero-order chi connectivity index (χ0) is 16.5. The maximum absolute atomic E-state index is 10.9. The standard InChI is InChI=1S/C12H15N5O5/c13-12(14)16-15-7-8-6-9(3-4-10(8)17(20)21)22-5-1-2-11(18)19/h3-4,6-7H,1-2,5H2,(H,18,19)(H4,13,14,16). The second-order valence-corrected chi connectivity index (χ2v) is 4.09. The van der Waals surface area contributed by atoms with Crippen LogP contribution in [0.25, 0.3) is 0 Å². The van der Waals surface area contributed by atoms with Crippen molar-refractivity contribution in [3.05, 3.63) is 33.9 Å². The molecule has 5 N–H and O–H groups in total. The number of benzene rings is 1. The van der Waals surface area contributed by atoms with Crippen molar-refractivity contribution in [3.8, 4) is 5.75 Å². The van der Waals surface area contributed by atoms with Crippen LogP contribution in [0.15, 0.2) is 28.4 Å². The zero-order valence-electron chi connectivity index (χ0n) is 11.5. The van der Waals surface area contributed by atoms with E-state index in [1.165, 1.54) is 18.2 Å². The number of ether oxygens (including phenoxy) is 1. The first kappa shape index (κ1) is 16.9. The van der Waals surface area contributed by atoms with Crippen molar-refractivity contribution in [2.75, 3.05) is 6.61 Å². The maximum atomic E-state index is 10.9. The summed E-state index contributed by atoms with van der Waals surface area (Å²) in [5.74, 6) is -0.848. The van der Waals surface area contributed by atoms with Gasteiger partial charge in [0.1, 0.15) is 5.75 Å². The molecule has 0 radical (unpaired) electrons. The molecule has 0 aliphatic rings. The fourth-order valence-electron chi connectivity index (χ4n) is 1.46. The van der Waals surface area contributed by atoms with Gasteiger partial charge in [0, 0.05) is 12.5 Å². The average molecular weight is 309 g/mol. The first-order chi connectivity index (χ1) is 10.4. The van der Waals surface area contributed by atoms with E-state index >= 15 is 0 Å². The highest BCUT2D eigenvalue weighted by atomic mass is 16.6. The van der Waals surface area contributed by atoms with Gasteiger partial charge in [0.05, 0.1) is 23.3 Å². The quantitative estimate of drug-likeness (QED) is 0.206. The van der Waals surface area contributed by atoms with Gasteiger partial charge in [-0.2, -0.15) is 5.10 Å². The van der Waals surface area contributed by atoms with Crippen LogP contribution < -0.4 is 16.2 Å². The fourth-order valence-corrected chi connectivity index (χ4v) is 1.46. The van der Waals surface area contributed by atoms with Gasteiger partial charge in [-0.1, -0.05) is 0 Å². The van der Waals surface area contributed by atoms with E-state index in [9.17, 15) is 14.9 Å². The highest BCUT2D eigenvalue weighted by molar-refractivity contribution is 5.86. The molecular formula is C12H15N5O5. The van der Waals surface area contributed by atoms with E-state index < -0.39 is 10.9 Å². The number of hydrogen-bond donors (Lipinski definition) is 3. The summed E-state index contributed by atoms with van der Waals surface area (Å²) < 4.78 is 5.33. The van der Waals surface area contributed by atoms with Crippen LogP contribution in [0.4, 0.5) is 5.69 Å². The normalized spacial score (nSPS) is 10.4. The van der Waals surface area contributed by atoms with Crippen molar-refractivity contribution >= 4 is 23.8 Å². The number of nitro benzene ring substituents is 1. The van der Waals surface area contributed by atoms with Gasteiger partial charge in [0.2, 0.25) is 5.96 Å². The average Bonchev–Trinajstić information content (AvgIpc) is 2.43. The molecule has 1 rings (SSSR count). The van der Waals surface area contributed by atoms with Crippen LogP contribution in [-0.4, -0.2) is 34.8 Å². The number of nitrogens with zero attached hydrogens (tertiary/aromatic N) is 3. The Hall–Kier alpha value is -3.17. The molecular weight excluding hydrogens is 294 g/mol. The number of carboxylic acid groups (broad SMARTS) is 1. The monoisotopic (exact) mass is 309 g/mol. The molecule has 0 unspecified atom stereocenters. The maximum Gasteiger partial charge on any atom is 0.303 e. The molecule has 0 saturated carbocycles. The van der Waals surface area contributed by atoms with E-state index in [2.05, 4.69) is 10.2 Å². The Morgan fingerprint density at radius 2 is 2.18 bits per heavy atom. The Bertz CT molecular complexity index is 610. The number of rotatable bonds is 8. The van der Waals surface area contributed by atoms with Crippen LogP contribution in [0, 0.1) is 10.1 Å². The van der Waals surface area contributed by atoms with Crippen molar-refractivity contribution in [3.63, 3.8) is 0 Å². The lowest BCUT2D eigenvalue weighted by Crippen LogP contribution is -2.21. The number of nitro groups is 1. The van der Waals surface area contributed by atoms with Gasteiger partial charge in [-0.3, -0.25) is 14.9 Å². The lowest BCUT2D eigenvalue weighted by atomic mass is 10.2. The first-order valence-corrected chi connectivity index (χ1v) is 6.15. The van der Waals surface area contributed by atoms with Gasteiger partial charge in [-0.15, -0.1) is 5.10 Å². The summed E-state index contributed by atoms with van der Waals surface area (Å²) in [4.78, 5) is 20.7. The molecule has 0 aliphatic carbocycles. The fraction of sp³-hybridized carbons (Fsp3) is 0.250.